The van der Waals surface area contributed by atoms with E-state index in [2.05, 4.69) is 15.0 Å². The zero-order chi connectivity index (χ0) is 17.6. The summed E-state index contributed by atoms with van der Waals surface area (Å²) in [7, 11) is 0. The van der Waals surface area contributed by atoms with Gasteiger partial charge >= 0.3 is 0 Å². The molecule has 6 nitrogen and oxygen atoms in total. The van der Waals surface area contributed by atoms with Crippen LogP contribution in [0.4, 0.5) is 4.39 Å². The summed E-state index contributed by atoms with van der Waals surface area (Å²) in [5.41, 5.74) is -0.0193. The van der Waals surface area contributed by atoms with Crippen LogP contribution in [0.2, 0.25) is 0 Å². The predicted octanol–water partition coefficient (Wildman–Crippen LogP) is 1.97. The molecule has 7 heteroatoms. The fourth-order valence-electron chi connectivity index (χ4n) is 4.14. The first-order chi connectivity index (χ1) is 12.0. The Morgan fingerprint density at radius 1 is 1.24 bits per heavy atom. The highest BCUT2D eigenvalue weighted by Crippen LogP contribution is 2.46. The quantitative estimate of drug-likeness (QED) is 0.844. The van der Waals surface area contributed by atoms with Gasteiger partial charge in [-0.05, 0) is 25.8 Å². The van der Waals surface area contributed by atoms with E-state index in [-0.39, 0.29) is 23.6 Å². The van der Waals surface area contributed by atoms with Gasteiger partial charge in [-0.1, -0.05) is 6.07 Å². The zero-order valence-electron chi connectivity index (χ0n) is 13.9. The van der Waals surface area contributed by atoms with Gasteiger partial charge in [-0.3, -0.25) is 9.78 Å². The second kappa shape index (κ2) is 5.84. The summed E-state index contributed by atoms with van der Waals surface area (Å²) in [4.78, 5) is 26.6. The monoisotopic (exact) mass is 342 g/mol. The maximum Gasteiger partial charge on any atom is 0.274 e. The SMILES string of the molecule is Cc1cnc(C(=O)N2C3CCC2CC(O)(c2cccnc2F)C3)cn1. The van der Waals surface area contributed by atoms with Crippen molar-refractivity contribution in [2.75, 3.05) is 0 Å². The summed E-state index contributed by atoms with van der Waals surface area (Å²) in [6, 6.07) is 2.92. The summed E-state index contributed by atoms with van der Waals surface area (Å²) in [6.45, 7) is 1.81. The maximum atomic E-state index is 14.1. The van der Waals surface area contributed by atoms with Gasteiger partial charge in [0.2, 0.25) is 5.95 Å². The molecule has 2 aliphatic rings. The minimum absolute atomic E-state index is 0.140. The number of fused-ring (bicyclic) bond motifs is 2. The average Bonchev–Trinajstić information content (AvgIpc) is 2.87. The van der Waals surface area contributed by atoms with Crippen LogP contribution in [0, 0.1) is 12.9 Å². The van der Waals surface area contributed by atoms with Gasteiger partial charge in [-0.25, -0.2) is 9.97 Å². The highest BCUT2D eigenvalue weighted by Gasteiger charge is 2.51. The van der Waals surface area contributed by atoms with E-state index < -0.39 is 11.5 Å². The minimum Gasteiger partial charge on any atom is -0.385 e. The van der Waals surface area contributed by atoms with Crippen LogP contribution in [0.3, 0.4) is 0 Å². The van der Waals surface area contributed by atoms with Crippen molar-refractivity contribution < 1.29 is 14.3 Å². The molecule has 2 bridgehead atoms. The van der Waals surface area contributed by atoms with Crippen LogP contribution in [0.15, 0.2) is 30.7 Å². The van der Waals surface area contributed by atoms with Gasteiger partial charge in [0.05, 0.1) is 17.5 Å². The maximum absolute atomic E-state index is 14.1. The molecule has 0 saturated carbocycles. The summed E-state index contributed by atoms with van der Waals surface area (Å²) >= 11 is 0. The molecular formula is C18H19FN4O2. The van der Waals surface area contributed by atoms with E-state index in [0.717, 1.165) is 18.5 Å². The van der Waals surface area contributed by atoms with E-state index in [0.29, 0.717) is 18.5 Å². The standard InChI is InChI=1S/C18H19FN4O2/c1-11-9-22-15(10-21-11)17(24)23-12-4-5-13(23)8-18(25,7-12)14-3-2-6-20-16(14)19/h2-3,6,9-10,12-13,25H,4-5,7-8H2,1H3. The number of carbonyl (C=O) groups is 1. The van der Waals surface area contributed by atoms with Crippen molar-refractivity contribution >= 4 is 5.91 Å². The van der Waals surface area contributed by atoms with Gasteiger partial charge in [0.1, 0.15) is 5.69 Å². The lowest BCUT2D eigenvalue weighted by Crippen LogP contribution is -2.52. The number of aliphatic hydroxyl groups is 1. The summed E-state index contributed by atoms with van der Waals surface area (Å²) < 4.78 is 14.1. The molecule has 2 aromatic heterocycles. The lowest BCUT2D eigenvalue weighted by Gasteiger charge is -2.43. The second-order valence-electron chi connectivity index (χ2n) is 6.92. The molecule has 4 rings (SSSR count). The Morgan fingerprint density at radius 2 is 1.96 bits per heavy atom. The zero-order valence-corrected chi connectivity index (χ0v) is 13.9. The van der Waals surface area contributed by atoms with Crippen molar-refractivity contribution in [2.24, 2.45) is 0 Å². The van der Waals surface area contributed by atoms with Crippen LogP contribution in [0.5, 0.6) is 0 Å². The number of hydrogen-bond acceptors (Lipinski definition) is 5. The van der Waals surface area contributed by atoms with Crippen molar-refractivity contribution in [1.29, 1.82) is 0 Å². The number of aryl methyl sites for hydroxylation is 1. The third-order valence-electron chi connectivity index (χ3n) is 5.26. The highest BCUT2D eigenvalue weighted by atomic mass is 19.1. The van der Waals surface area contributed by atoms with E-state index in [9.17, 15) is 14.3 Å². The first kappa shape index (κ1) is 16.1. The number of pyridine rings is 1. The molecule has 2 aromatic rings. The van der Waals surface area contributed by atoms with Crippen molar-refractivity contribution in [2.45, 2.75) is 50.3 Å². The largest absolute Gasteiger partial charge is 0.385 e. The smallest absolute Gasteiger partial charge is 0.274 e. The molecule has 0 aliphatic carbocycles. The number of halogens is 1. The highest BCUT2D eigenvalue weighted by molar-refractivity contribution is 5.92. The van der Waals surface area contributed by atoms with Crippen molar-refractivity contribution in [1.82, 2.24) is 19.9 Å². The van der Waals surface area contributed by atoms with Gasteiger partial charge in [0.15, 0.2) is 0 Å². The number of aromatic nitrogens is 3. The van der Waals surface area contributed by atoms with Crippen molar-refractivity contribution in [3.8, 4) is 0 Å². The van der Waals surface area contributed by atoms with Crippen LogP contribution in [-0.4, -0.2) is 42.9 Å². The molecule has 2 unspecified atom stereocenters. The van der Waals surface area contributed by atoms with Crippen LogP contribution in [0.25, 0.3) is 0 Å². The summed E-state index contributed by atoms with van der Waals surface area (Å²) in [5.74, 6) is -0.817. The number of nitrogens with zero attached hydrogens (tertiary/aromatic N) is 4. The second-order valence-corrected chi connectivity index (χ2v) is 6.92. The van der Waals surface area contributed by atoms with E-state index in [1.807, 2.05) is 6.92 Å². The molecule has 1 amide bonds. The number of carbonyl (C=O) groups excluding carboxylic acids is 1. The molecule has 0 aromatic carbocycles. The van der Waals surface area contributed by atoms with Gasteiger partial charge in [-0.2, -0.15) is 4.39 Å². The van der Waals surface area contributed by atoms with Crippen LogP contribution in [-0.2, 0) is 5.60 Å². The molecule has 1 N–H and O–H groups in total. The van der Waals surface area contributed by atoms with Gasteiger partial charge in [0.25, 0.3) is 5.91 Å². The first-order valence-electron chi connectivity index (χ1n) is 8.42. The molecule has 2 saturated heterocycles. The molecule has 2 atom stereocenters. The fraction of sp³-hybridized carbons (Fsp3) is 0.444. The van der Waals surface area contributed by atoms with Crippen LogP contribution in [0.1, 0.15) is 47.4 Å². The first-order valence-corrected chi connectivity index (χ1v) is 8.42. The molecule has 0 radical (unpaired) electrons. The Labute approximate surface area is 144 Å². The topological polar surface area (TPSA) is 79.2 Å². The van der Waals surface area contributed by atoms with Crippen molar-refractivity contribution in [3.05, 3.63) is 53.6 Å². The Balaban J connectivity index is 1.61. The molecule has 2 fully saturated rings. The molecule has 25 heavy (non-hydrogen) atoms. The third-order valence-corrected chi connectivity index (χ3v) is 5.26. The van der Waals surface area contributed by atoms with E-state index >= 15 is 0 Å². The van der Waals surface area contributed by atoms with Gasteiger partial charge < -0.3 is 10.0 Å². The summed E-state index contributed by atoms with van der Waals surface area (Å²) in [6.07, 6.45) is 6.61. The predicted molar refractivity (Wildman–Crippen MR) is 87.1 cm³/mol. The van der Waals surface area contributed by atoms with E-state index in [4.69, 9.17) is 0 Å². The molecule has 4 heterocycles. The Morgan fingerprint density at radius 3 is 2.56 bits per heavy atom. The Bertz CT molecular complexity index is 797. The fourth-order valence-corrected chi connectivity index (χ4v) is 4.14. The van der Waals surface area contributed by atoms with Gasteiger partial charge in [0, 0.05) is 42.9 Å². The lowest BCUT2D eigenvalue weighted by molar-refractivity contribution is -0.0505. The normalized spacial score (nSPS) is 28.2. The van der Waals surface area contributed by atoms with Crippen LogP contribution >= 0.6 is 0 Å². The molecule has 2 aliphatic heterocycles. The van der Waals surface area contributed by atoms with E-state index in [1.165, 1.54) is 12.4 Å². The summed E-state index contributed by atoms with van der Waals surface area (Å²) in [5, 5.41) is 11.1. The van der Waals surface area contributed by atoms with Crippen LogP contribution < -0.4 is 0 Å². The number of piperidine rings is 1. The third kappa shape index (κ3) is 2.68. The average molecular weight is 342 g/mol. The minimum atomic E-state index is -1.29. The number of rotatable bonds is 2. The van der Waals surface area contributed by atoms with Gasteiger partial charge in [-0.15, -0.1) is 0 Å². The number of hydrogen-bond donors (Lipinski definition) is 1. The molecule has 0 spiro atoms. The molecule has 130 valence electrons. The Hall–Kier alpha value is -2.41. The van der Waals surface area contributed by atoms with E-state index in [1.54, 1.807) is 23.2 Å². The number of amides is 1. The van der Waals surface area contributed by atoms with Crippen molar-refractivity contribution in [3.63, 3.8) is 0 Å². The Kier molecular flexibility index (Phi) is 3.76. The lowest BCUT2D eigenvalue weighted by atomic mass is 9.81. The molecular weight excluding hydrogens is 323 g/mol.